The number of benzene rings is 1. The molecule has 2 heterocycles. The molecule has 152 valence electrons. The molecule has 8 nitrogen and oxygen atoms in total. The molecule has 9 heteroatoms. The third kappa shape index (κ3) is 6.15. The fourth-order valence-corrected chi connectivity index (χ4v) is 3.12. The lowest BCUT2D eigenvalue weighted by molar-refractivity contribution is 0.0507. The highest BCUT2D eigenvalue weighted by atomic mass is 32.1. The van der Waals surface area contributed by atoms with Crippen LogP contribution in [-0.2, 0) is 4.74 Å². The average Bonchev–Trinajstić information content (AvgIpc) is 3.33. The molecule has 29 heavy (non-hydrogen) atoms. The average molecular weight is 414 g/mol. The standard InChI is InChI=1S/C20H23N5O3S/c1-13(23-19(26)28-20(2,3)4)16-11-29-18(24-16)10-22-25-15-7-5-14(6-8-15)17-9-21-12-27-17/h5-13,25H,1-4H3,(H,23,26). The van der Waals surface area contributed by atoms with Gasteiger partial charge in [-0.15, -0.1) is 11.3 Å². The molecule has 0 saturated carbocycles. The molecular weight excluding hydrogens is 390 g/mol. The molecule has 0 fully saturated rings. The van der Waals surface area contributed by atoms with Gasteiger partial charge in [-0.2, -0.15) is 5.10 Å². The van der Waals surface area contributed by atoms with E-state index in [1.807, 2.05) is 57.3 Å². The Kier molecular flexibility index (Phi) is 6.28. The van der Waals surface area contributed by atoms with Gasteiger partial charge in [-0.3, -0.25) is 5.43 Å². The van der Waals surface area contributed by atoms with Gasteiger partial charge in [0.15, 0.2) is 12.2 Å². The maximum Gasteiger partial charge on any atom is 0.408 e. The van der Waals surface area contributed by atoms with Crippen molar-refractivity contribution < 1.29 is 13.9 Å². The zero-order chi connectivity index (χ0) is 20.9. The summed E-state index contributed by atoms with van der Waals surface area (Å²) in [6, 6.07) is 7.37. The number of carbonyl (C=O) groups excluding carboxylic acids is 1. The van der Waals surface area contributed by atoms with Crippen molar-refractivity contribution in [3.8, 4) is 11.3 Å². The first-order chi connectivity index (χ1) is 13.8. The quantitative estimate of drug-likeness (QED) is 0.443. The zero-order valence-corrected chi connectivity index (χ0v) is 17.5. The predicted octanol–water partition coefficient (Wildman–Crippen LogP) is 4.83. The summed E-state index contributed by atoms with van der Waals surface area (Å²) in [5, 5.41) is 9.60. The number of hydrazone groups is 1. The smallest absolute Gasteiger partial charge is 0.408 e. The molecule has 2 N–H and O–H groups in total. The minimum atomic E-state index is -0.539. The number of carbonyl (C=O) groups is 1. The van der Waals surface area contributed by atoms with Crippen LogP contribution in [0.25, 0.3) is 11.3 Å². The second-order valence-corrected chi connectivity index (χ2v) is 8.18. The number of oxazole rings is 1. The topological polar surface area (TPSA) is 102 Å². The van der Waals surface area contributed by atoms with Gasteiger partial charge in [0, 0.05) is 10.9 Å². The lowest BCUT2D eigenvalue weighted by Gasteiger charge is -2.21. The highest BCUT2D eigenvalue weighted by molar-refractivity contribution is 7.11. The Bertz CT molecular complexity index is 959. The number of nitrogens with one attached hydrogen (secondary N) is 2. The molecule has 0 aliphatic carbocycles. The second-order valence-electron chi connectivity index (χ2n) is 7.29. The van der Waals surface area contributed by atoms with E-state index in [1.165, 1.54) is 17.7 Å². The summed E-state index contributed by atoms with van der Waals surface area (Å²) >= 11 is 1.44. The Morgan fingerprint density at radius 2 is 2.07 bits per heavy atom. The van der Waals surface area contributed by atoms with E-state index in [0.717, 1.165) is 22.0 Å². The summed E-state index contributed by atoms with van der Waals surface area (Å²) in [4.78, 5) is 20.3. The van der Waals surface area contributed by atoms with Crippen LogP contribution in [0.5, 0.6) is 0 Å². The minimum Gasteiger partial charge on any atom is -0.444 e. The molecule has 1 amide bonds. The van der Waals surface area contributed by atoms with Gasteiger partial charge in [0.05, 0.1) is 29.8 Å². The van der Waals surface area contributed by atoms with Gasteiger partial charge in [-0.25, -0.2) is 14.8 Å². The molecule has 2 aromatic heterocycles. The SMILES string of the molecule is CC(NC(=O)OC(C)(C)C)c1csc(C=NNc2ccc(-c3cnco3)cc2)n1. The van der Waals surface area contributed by atoms with E-state index in [1.54, 1.807) is 12.4 Å². The van der Waals surface area contributed by atoms with Crippen molar-refractivity contribution in [1.82, 2.24) is 15.3 Å². The van der Waals surface area contributed by atoms with Gasteiger partial charge in [-0.1, -0.05) is 0 Å². The molecule has 1 unspecified atom stereocenters. The summed E-state index contributed by atoms with van der Waals surface area (Å²) in [5.74, 6) is 0.712. The van der Waals surface area contributed by atoms with Crippen LogP contribution in [0, 0.1) is 0 Å². The number of anilines is 1. The Balaban J connectivity index is 1.53. The van der Waals surface area contributed by atoms with Gasteiger partial charge < -0.3 is 14.5 Å². The Morgan fingerprint density at radius 3 is 2.72 bits per heavy atom. The van der Waals surface area contributed by atoms with Crippen molar-refractivity contribution in [3.05, 3.63) is 52.9 Å². The summed E-state index contributed by atoms with van der Waals surface area (Å²) in [7, 11) is 0. The second kappa shape index (κ2) is 8.87. The first kappa shape index (κ1) is 20.5. The van der Waals surface area contributed by atoms with Crippen LogP contribution >= 0.6 is 11.3 Å². The number of thiazole rings is 1. The first-order valence-corrected chi connectivity index (χ1v) is 9.91. The van der Waals surface area contributed by atoms with Crippen molar-refractivity contribution in [2.45, 2.75) is 39.3 Å². The van der Waals surface area contributed by atoms with E-state index in [9.17, 15) is 4.79 Å². The highest BCUT2D eigenvalue weighted by Crippen LogP contribution is 2.21. The Labute approximate surface area is 173 Å². The molecule has 3 aromatic rings. The lowest BCUT2D eigenvalue weighted by Crippen LogP contribution is -2.34. The predicted molar refractivity (Wildman–Crippen MR) is 113 cm³/mol. The molecule has 0 aliphatic rings. The van der Waals surface area contributed by atoms with Crippen molar-refractivity contribution in [3.63, 3.8) is 0 Å². The lowest BCUT2D eigenvalue weighted by atomic mass is 10.2. The van der Waals surface area contributed by atoms with Crippen molar-refractivity contribution in [2.24, 2.45) is 5.10 Å². The molecule has 0 radical (unpaired) electrons. The minimum absolute atomic E-state index is 0.264. The molecule has 0 bridgehead atoms. The van der Waals surface area contributed by atoms with Crippen LogP contribution < -0.4 is 10.7 Å². The fourth-order valence-electron chi connectivity index (χ4n) is 2.35. The molecule has 1 atom stereocenters. The number of nitrogens with zero attached hydrogens (tertiary/aromatic N) is 3. The van der Waals surface area contributed by atoms with Crippen LogP contribution in [-0.4, -0.2) is 27.9 Å². The molecule has 0 aliphatic heterocycles. The normalized spacial score (nSPS) is 12.7. The van der Waals surface area contributed by atoms with Gasteiger partial charge in [0.25, 0.3) is 0 Å². The van der Waals surface area contributed by atoms with Crippen LogP contribution in [0.1, 0.15) is 44.4 Å². The van der Waals surface area contributed by atoms with Crippen molar-refractivity contribution in [2.75, 3.05) is 5.43 Å². The van der Waals surface area contributed by atoms with E-state index in [-0.39, 0.29) is 6.04 Å². The number of hydrogen-bond donors (Lipinski definition) is 2. The monoisotopic (exact) mass is 413 g/mol. The van der Waals surface area contributed by atoms with Crippen LogP contribution in [0.2, 0.25) is 0 Å². The third-order valence-electron chi connectivity index (χ3n) is 3.69. The summed E-state index contributed by atoms with van der Waals surface area (Å²) < 4.78 is 10.5. The number of hydrogen-bond acceptors (Lipinski definition) is 8. The van der Waals surface area contributed by atoms with Gasteiger partial charge in [0.2, 0.25) is 0 Å². The van der Waals surface area contributed by atoms with Crippen LogP contribution in [0.15, 0.2) is 51.8 Å². The molecular formula is C20H23N5O3S. The van der Waals surface area contributed by atoms with E-state index in [0.29, 0.717) is 5.76 Å². The van der Waals surface area contributed by atoms with Crippen LogP contribution in [0.4, 0.5) is 10.5 Å². The summed E-state index contributed by atoms with van der Waals surface area (Å²) in [6.45, 7) is 7.32. The first-order valence-electron chi connectivity index (χ1n) is 9.03. The number of amides is 1. The van der Waals surface area contributed by atoms with Gasteiger partial charge in [0.1, 0.15) is 10.6 Å². The van der Waals surface area contributed by atoms with E-state index >= 15 is 0 Å². The summed E-state index contributed by atoms with van der Waals surface area (Å²) in [6.07, 6.45) is 4.24. The number of aromatic nitrogens is 2. The highest BCUT2D eigenvalue weighted by Gasteiger charge is 2.19. The number of alkyl carbamates (subject to hydrolysis) is 1. The zero-order valence-electron chi connectivity index (χ0n) is 16.7. The fraction of sp³-hybridized carbons (Fsp3) is 0.300. The number of rotatable bonds is 6. The molecule has 0 spiro atoms. The third-order valence-corrected chi connectivity index (χ3v) is 4.48. The van der Waals surface area contributed by atoms with Gasteiger partial charge in [-0.05, 0) is 52.0 Å². The van der Waals surface area contributed by atoms with Gasteiger partial charge >= 0.3 is 6.09 Å². The molecule has 1 aromatic carbocycles. The Morgan fingerprint density at radius 1 is 1.31 bits per heavy atom. The molecule has 3 rings (SSSR count). The maximum atomic E-state index is 11.9. The van der Waals surface area contributed by atoms with E-state index < -0.39 is 11.7 Å². The van der Waals surface area contributed by atoms with E-state index in [2.05, 4.69) is 25.8 Å². The van der Waals surface area contributed by atoms with E-state index in [4.69, 9.17) is 9.15 Å². The number of ether oxygens (including phenoxy) is 1. The maximum absolute atomic E-state index is 11.9. The van der Waals surface area contributed by atoms with Crippen molar-refractivity contribution in [1.29, 1.82) is 0 Å². The van der Waals surface area contributed by atoms with Crippen molar-refractivity contribution >= 4 is 29.3 Å². The van der Waals surface area contributed by atoms with Crippen LogP contribution in [0.3, 0.4) is 0 Å². The Hall–Kier alpha value is -3.20. The summed E-state index contributed by atoms with van der Waals surface area (Å²) in [5.41, 5.74) is 4.94. The molecule has 0 saturated heterocycles. The largest absolute Gasteiger partial charge is 0.444 e.